The van der Waals surface area contributed by atoms with E-state index in [0.717, 1.165) is 28.9 Å². The maximum absolute atomic E-state index is 13.1. The Bertz CT molecular complexity index is 1270. The zero-order valence-electron chi connectivity index (χ0n) is 15.7. The van der Waals surface area contributed by atoms with Gasteiger partial charge in [0.25, 0.3) is 0 Å². The molecule has 5 rings (SSSR count). The standard InChI is InChI=1S/C20H18N6O2S/c1-28-14-8-6-13(7-9-14)18-22-23-20(29)26(18)12-17(27)25-11-10-24-16-5-3-2-4-15(16)21-19(24)25/h2-9H,10-12H2,1H3,(H,23,29). The molecule has 0 spiro atoms. The number of carbonyl (C=O) groups is 1. The number of amides is 1. The highest BCUT2D eigenvalue weighted by molar-refractivity contribution is 7.71. The predicted octanol–water partition coefficient (Wildman–Crippen LogP) is 3.01. The minimum Gasteiger partial charge on any atom is -0.497 e. The Hall–Kier alpha value is -3.46. The van der Waals surface area contributed by atoms with Gasteiger partial charge in [0.05, 0.1) is 18.1 Å². The van der Waals surface area contributed by atoms with Crippen molar-refractivity contribution in [3.63, 3.8) is 0 Å². The van der Waals surface area contributed by atoms with E-state index in [0.29, 0.717) is 23.1 Å². The first-order valence-electron chi connectivity index (χ1n) is 9.21. The second-order valence-electron chi connectivity index (χ2n) is 6.76. The fourth-order valence-corrected chi connectivity index (χ4v) is 3.87. The van der Waals surface area contributed by atoms with E-state index in [1.807, 2.05) is 48.5 Å². The summed E-state index contributed by atoms with van der Waals surface area (Å²) < 4.78 is 9.39. The summed E-state index contributed by atoms with van der Waals surface area (Å²) in [6.07, 6.45) is 0. The third kappa shape index (κ3) is 2.90. The molecule has 0 saturated heterocycles. The SMILES string of the molecule is COc1ccc(-c2n[nH]c(=S)n2CC(=O)N2CCn3c2nc2ccccc23)cc1. The quantitative estimate of drug-likeness (QED) is 0.527. The molecule has 0 bridgehead atoms. The Morgan fingerprint density at radius 1 is 1.17 bits per heavy atom. The lowest BCUT2D eigenvalue weighted by Gasteiger charge is -2.15. The Morgan fingerprint density at radius 2 is 1.97 bits per heavy atom. The van der Waals surface area contributed by atoms with Crippen molar-refractivity contribution in [2.24, 2.45) is 0 Å². The normalized spacial score (nSPS) is 13.1. The van der Waals surface area contributed by atoms with E-state index in [2.05, 4.69) is 19.7 Å². The summed E-state index contributed by atoms with van der Waals surface area (Å²) >= 11 is 5.37. The lowest BCUT2D eigenvalue weighted by Crippen LogP contribution is -2.33. The molecule has 0 atom stereocenters. The van der Waals surface area contributed by atoms with Gasteiger partial charge in [0.15, 0.2) is 10.6 Å². The van der Waals surface area contributed by atoms with Crippen molar-refractivity contribution in [1.29, 1.82) is 0 Å². The van der Waals surface area contributed by atoms with Crippen LogP contribution in [-0.4, -0.2) is 43.9 Å². The van der Waals surface area contributed by atoms with Crippen molar-refractivity contribution in [3.8, 4) is 17.1 Å². The maximum atomic E-state index is 13.1. The molecule has 1 aliphatic rings. The first-order valence-corrected chi connectivity index (χ1v) is 9.62. The number of rotatable bonds is 4. The number of fused-ring (bicyclic) bond motifs is 3. The summed E-state index contributed by atoms with van der Waals surface area (Å²) in [5, 5.41) is 7.11. The molecule has 0 saturated carbocycles. The van der Waals surface area contributed by atoms with Crippen LogP contribution in [-0.2, 0) is 17.9 Å². The maximum Gasteiger partial charge on any atom is 0.249 e. The molecule has 0 fully saturated rings. The smallest absolute Gasteiger partial charge is 0.249 e. The molecule has 9 heteroatoms. The number of nitrogens with one attached hydrogen (secondary N) is 1. The third-order valence-electron chi connectivity index (χ3n) is 5.12. The van der Waals surface area contributed by atoms with E-state index in [1.165, 1.54) is 0 Å². The van der Waals surface area contributed by atoms with E-state index in [4.69, 9.17) is 17.0 Å². The highest BCUT2D eigenvalue weighted by Crippen LogP contribution is 2.28. The van der Waals surface area contributed by atoms with E-state index < -0.39 is 0 Å². The van der Waals surface area contributed by atoms with Gasteiger partial charge in [0.2, 0.25) is 11.9 Å². The monoisotopic (exact) mass is 406 g/mol. The molecule has 0 aliphatic carbocycles. The number of hydrogen-bond donors (Lipinski definition) is 1. The van der Waals surface area contributed by atoms with Crippen LogP contribution >= 0.6 is 12.2 Å². The number of H-pyrrole nitrogens is 1. The third-order valence-corrected chi connectivity index (χ3v) is 5.44. The number of aromatic nitrogens is 5. The zero-order valence-corrected chi connectivity index (χ0v) is 16.5. The Labute approximate surface area is 171 Å². The van der Waals surface area contributed by atoms with Crippen LogP contribution in [0.2, 0.25) is 0 Å². The topological polar surface area (TPSA) is 81.0 Å². The second kappa shape index (κ2) is 6.85. The molecule has 4 aromatic rings. The Kier molecular flexibility index (Phi) is 4.17. The van der Waals surface area contributed by atoms with Crippen molar-refractivity contribution in [2.75, 3.05) is 18.6 Å². The van der Waals surface area contributed by atoms with Crippen molar-refractivity contribution >= 4 is 35.1 Å². The van der Waals surface area contributed by atoms with Gasteiger partial charge in [-0.3, -0.25) is 19.4 Å². The summed E-state index contributed by atoms with van der Waals surface area (Å²) in [5.41, 5.74) is 2.77. The van der Waals surface area contributed by atoms with Gasteiger partial charge in [-0.25, -0.2) is 4.98 Å². The van der Waals surface area contributed by atoms with Gasteiger partial charge < -0.3 is 9.30 Å². The van der Waals surface area contributed by atoms with Gasteiger partial charge in [-0.05, 0) is 48.6 Å². The molecular formula is C20H18N6O2S. The van der Waals surface area contributed by atoms with E-state index in [1.54, 1.807) is 16.6 Å². The number of anilines is 1. The van der Waals surface area contributed by atoms with Gasteiger partial charge in [-0.2, -0.15) is 5.10 Å². The van der Waals surface area contributed by atoms with Gasteiger partial charge in [-0.1, -0.05) is 12.1 Å². The minimum absolute atomic E-state index is 0.0775. The van der Waals surface area contributed by atoms with Crippen LogP contribution < -0.4 is 9.64 Å². The number of carbonyl (C=O) groups excluding carboxylic acids is 1. The highest BCUT2D eigenvalue weighted by Gasteiger charge is 2.29. The average Bonchev–Trinajstić information content (AvgIpc) is 3.42. The molecular weight excluding hydrogens is 388 g/mol. The molecule has 0 unspecified atom stereocenters. The van der Waals surface area contributed by atoms with Gasteiger partial charge >= 0.3 is 0 Å². The minimum atomic E-state index is -0.0775. The van der Waals surface area contributed by atoms with Crippen LogP contribution in [0.25, 0.3) is 22.4 Å². The fourth-order valence-electron chi connectivity index (χ4n) is 3.67. The van der Waals surface area contributed by atoms with Gasteiger partial charge in [-0.15, -0.1) is 0 Å². The summed E-state index contributed by atoms with van der Waals surface area (Å²) in [6.45, 7) is 1.40. The summed E-state index contributed by atoms with van der Waals surface area (Å²) in [6, 6.07) is 15.4. The fraction of sp³-hybridized carbons (Fsp3) is 0.200. The molecule has 1 aliphatic heterocycles. The number of methoxy groups -OCH3 is 1. The molecule has 0 radical (unpaired) electrons. The Balaban J connectivity index is 1.45. The first-order chi connectivity index (χ1) is 14.2. The van der Waals surface area contributed by atoms with E-state index >= 15 is 0 Å². The van der Waals surface area contributed by atoms with Crippen LogP contribution in [0.4, 0.5) is 5.95 Å². The number of nitrogens with zero attached hydrogens (tertiary/aromatic N) is 5. The van der Waals surface area contributed by atoms with Crippen LogP contribution in [0.1, 0.15) is 0 Å². The average molecular weight is 406 g/mol. The number of hydrogen-bond acceptors (Lipinski definition) is 5. The van der Waals surface area contributed by atoms with Gasteiger partial charge in [0, 0.05) is 18.7 Å². The lowest BCUT2D eigenvalue weighted by atomic mass is 10.2. The number of para-hydroxylation sites is 2. The van der Waals surface area contributed by atoms with Crippen LogP contribution in [0.3, 0.4) is 0 Å². The summed E-state index contributed by atoms with van der Waals surface area (Å²) in [4.78, 5) is 19.5. The first kappa shape index (κ1) is 17.6. The summed E-state index contributed by atoms with van der Waals surface area (Å²) in [7, 11) is 1.62. The summed E-state index contributed by atoms with van der Waals surface area (Å²) in [5.74, 6) is 1.96. The second-order valence-corrected chi connectivity index (χ2v) is 7.15. The number of aromatic amines is 1. The van der Waals surface area contributed by atoms with Crippen LogP contribution in [0, 0.1) is 4.77 Å². The van der Waals surface area contributed by atoms with Crippen molar-refractivity contribution < 1.29 is 9.53 Å². The molecule has 2 aromatic carbocycles. The van der Waals surface area contributed by atoms with E-state index in [-0.39, 0.29) is 12.5 Å². The number of benzene rings is 2. The molecule has 8 nitrogen and oxygen atoms in total. The largest absolute Gasteiger partial charge is 0.497 e. The lowest BCUT2D eigenvalue weighted by molar-refractivity contribution is -0.119. The molecule has 146 valence electrons. The molecule has 2 aromatic heterocycles. The van der Waals surface area contributed by atoms with Crippen molar-refractivity contribution in [3.05, 3.63) is 53.3 Å². The van der Waals surface area contributed by atoms with Crippen LogP contribution in [0.5, 0.6) is 5.75 Å². The molecule has 1 N–H and O–H groups in total. The highest BCUT2D eigenvalue weighted by atomic mass is 32.1. The molecule has 29 heavy (non-hydrogen) atoms. The van der Waals surface area contributed by atoms with Crippen LogP contribution in [0.15, 0.2) is 48.5 Å². The number of imidazole rings is 1. The molecule has 1 amide bonds. The Morgan fingerprint density at radius 3 is 2.76 bits per heavy atom. The zero-order chi connectivity index (χ0) is 20.0. The van der Waals surface area contributed by atoms with E-state index in [9.17, 15) is 4.79 Å². The van der Waals surface area contributed by atoms with Crippen molar-refractivity contribution in [2.45, 2.75) is 13.1 Å². The van der Waals surface area contributed by atoms with Gasteiger partial charge in [0.1, 0.15) is 12.3 Å². The predicted molar refractivity (Wildman–Crippen MR) is 111 cm³/mol. The molecule has 3 heterocycles. The number of ether oxygens (including phenoxy) is 1. The van der Waals surface area contributed by atoms with Crippen molar-refractivity contribution in [1.82, 2.24) is 24.3 Å².